The van der Waals surface area contributed by atoms with E-state index in [-0.39, 0.29) is 5.91 Å². The molecule has 1 amide bonds. The number of aromatic nitrogens is 2. The average Bonchev–Trinajstić information content (AvgIpc) is 2.99. The lowest BCUT2D eigenvalue weighted by Gasteiger charge is -2.18. The number of aryl methyl sites for hydroxylation is 3. The minimum Gasteiger partial charge on any atom is -0.341 e. The zero-order valence-corrected chi connectivity index (χ0v) is 15.1. The van der Waals surface area contributed by atoms with E-state index >= 15 is 0 Å². The first-order valence-corrected chi connectivity index (χ1v) is 8.39. The van der Waals surface area contributed by atoms with Gasteiger partial charge in [0.05, 0.1) is 0 Å². The van der Waals surface area contributed by atoms with Gasteiger partial charge in [0, 0.05) is 24.8 Å². The van der Waals surface area contributed by atoms with Gasteiger partial charge in [0.1, 0.15) is 11.5 Å². The van der Waals surface area contributed by atoms with Crippen LogP contribution in [-0.2, 0) is 6.54 Å². The lowest BCUT2D eigenvalue weighted by molar-refractivity contribution is 0.0779. The highest BCUT2D eigenvalue weighted by Gasteiger charge is 2.20. The lowest BCUT2D eigenvalue weighted by atomic mass is 10.1. The zero-order chi connectivity index (χ0) is 18.0. The third kappa shape index (κ3) is 3.63. The number of hydrogen-bond donors (Lipinski definition) is 1. The molecule has 25 heavy (non-hydrogen) atoms. The number of benzene rings is 2. The summed E-state index contributed by atoms with van der Waals surface area (Å²) in [5.41, 5.74) is 5.82. The highest BCUT2D eigenvalue weighted by Crippen LogP contribution is 2.19. The Morgan fingerprint density at radius 1 is 1.08 bits per heavy atom. The second-order valence-corrected chi connectivity index (χ2v) is 6.52. The average molecular weight is 333 g/mol. The highest BCUT2D eigenvalue weighted by atomic mass is 16.2. The van der Waals surface area contributed by atoms with Gasteiger partial charge in [-0.05, 0) is 31.9 Å². The van der Waals surface area contributed by atoms with Crippen molar-refractivity contribution in [1.29, 1.82) is 0 Å². The molecule has 0 aliphatic carbocycles. The maximum Gasteiger partial charge on any atom is 0.274 e. The molecule has 0 radical (unpaired) electrons. The molecule has 1 N–H and O–H groups in total. The first kappa shape index (κ1) is 17.0. The molecular weight excluding hydrogens is 310 g/mol. The Morgan fingerprint density at radius 3 is 2.48 bits per heavy atom. The van der Waals surface area contributed by atoms with Crippen molar-refractivity contribution in [1.82, 2.24) is 14.9 Å². The molecule has 128 valence electrons. The summed E-state index contributed by atoms with van der Waals surface area (Å²) < 4.78 is 0. The molecule has 3 rings (SSSR count). The fourth-order valence-corrected chi connectivity index (χ4v) is 2.93. The van der Waals surface area contributed by atoms with Crippen molar-refractivity contribution in [2.24, 2.45) is 0 Å². The predicted octanol–water partition coefficient (Wildman–Crippen LogP) is 4.27. The largest absolute Gasteiger partial charge is 0.341 e. The van der Waals surface area contributed by atoms with E-state index in [0.717, 1.165) is 22.6 Å². The van der Waals surface area contributed by atoms with Gasteiger partial charge in [0.2, 0.25) is 0 Å². The number of nitrogens with zero attached hydrogens (tertiary/aromatic N) is 2. The molecule has 2 aromatic carbocycles. The van der Waals surface area contributed by atoms with E-state index in [9.17, 15) is 4.79 Å². The smallest absolute Gasteiger partial charge is 0.274 e. The topological polar surface area (TPSA) is 49.0 Å². The van der Waals surface area contributed by atoms with Crippen molar-refractivity contribution in [3.63, 3.8) is 0 Å². The van der Waals surface area contributed by atoms with Crippen LogP contribution in [0.2, 0.25) is 0 Å². The maximum absolute atomic E-state index is 12.8. The van der Waals surface area contributed by atoms with Crippen LogP contribution in [0.15, 0.2) is 48.5 Å². The summed E-state index contributed by atoms with van der Waals surface area (Å²) in [6, 6.07) is 16.1. The standard InChI is InChI=1S/C21H23N3O/c1-14-10-11-18(15(2)12-14)13-24(4)21(25)19-16(3)22-20(23-19)17-8-6-5-7-9-17/h5-12H,13H2,1-4H3,(H,22,23). The molecule has 0 spiro atoms. The van der Waals surface area contributed by atoms with E-state index < -0.39 is 0 Å². The summed E-state index contributed by atoms with van der Waals surface area (Å²) in [6.07, 6.45) is 0. The number of carbonyl (C=O) groups is 1. The molecule has 0 saturated heterocycles. The first-order valence-electron chi connectivity index (χ1n) is 8.39. The Bertz CT molecular complexity index is 897. The summed E-state index contributed by atoms with van der Waals surface area (Å²) in [5, 5.41) is 0. The molecule has 0 bridgehead atoms. The lowest BCUT2D eigenvalue weighted by Crippen LogP contribution is -2.27. The SMILES string of the molecule is Cc1ccc(CN(C)C(=O)c2nc(-c3ccccc3)[nH]c2C)c(C)c1. The number of aromatic amines is 1. The van der Waals surface area contributed by atoms with Crippen molar-refractivity contribution < 1.29 is 4.79 Å². The fraction of sp³-hybridized carbons (Fsp3) is 0.238. The zero-order valence-electron chi connectivity index (χ0n) is 15.1. The van der Waals surface area contributed by atoms with Gasteiger partial charge in [-0.25, -0.2) is 4.98 Å². The highest BCUT2D eigenvalue weighted by molar-refractivity contribution is 5.94. The van der Waals surface area contributed by atoms with Crippen LogP contribution >= 0.6 is 0 Å². The fourth-order valence-electron chi connectivity index (χ4n) is 2.93. The Kier molecular flexibility index (Phi) is 4.70. The second-order valence-electron chi connectivity index (χ2n) is 6.52. The quantitative estimate of drug-likeness (QED) is 0.775. The molecule has 1 aromatic heterocycles. The van der Waals surface area contributed by atoms with E-state index in [4.69, 9.17) is 0 Å². The van der Waals surface area contributed by atoms with E-state index in [1.54, 1.807) is 4.90 Å². The molecule has 4 nitrogen and oxygen atoms in total. The van der Waals surface area contributed by atoms with Crippen molar-refractivity contribution in [3.05, 3.63) is 76.6 Å². The molecule has 0 fully saturated rings. The summed E-state index contributed by atoms with van der Waals surface area (Å²) in [5.74, 6) is 0.650. The van der Waals surface area contributed by atoms with Crippen LogP contribution < -0.4 is 0 Å². The van der Waals surface area contributed by atoms with E-state index in [2.05, 4.69) is 42.0 Å². The van der Waals surface area contributed by atoms with Crippen LogP contribution in [0.25, 0.3) is 11.4 Å². The van der Waals surface area contributed by atoms with E-state index in [0.29, 0.717) is 12.2 Å². The van der Waals surface area contributed by atoms with Crippen molar-refractivity contribution in [3.8, 4) is 11.4 Å². The molecule has 0 saturated carbocycles. The number of nitrogens with one attached hydrogen (secondary N) is 1. The molecule has 0 unspecified atom stereocenters. The van der Waals surface area contributed by atoms with Crippen LogP contribution in [0.3, 0.4) is 0 Å². The van der Waals surface area contributed by atoms with Crippen molar-refractivity contribution in [2.45, 2.75) is 27.3 Å². The van der Waals surface area contributed by atoms with Crippen molar-refractivity contribution >= 4 is 5.91 Å². The van der Waals surface area contributed by atoms with E-state index in [1.807, 2.05) is 44.3 Å². The van der Waals surface area contributed by atoms with Crippen LogP contribution in [-0.4, -0.2) is 27.8 Å². The van der Waals surface area contributed by atoms with Crippen LogP contribution in [0.1, 0.15) is 32.9 Å². The number of carbonyl (C=O) groups excluding carboxylic acids is 1. The Balaban J connectivity index is 1.82. The van der Waals surface area contributed by atoms with Gasteiger partial charge >= 0.3 is 0 Å². The number of hydrogen-bond acceptors (Lipinski definition) is 2. The molecular formula is C21H23N3O. The molecule has 0 aliphatic rings. The monoisotopic (exact) mass is 333 g/mol. The Morgan fingerprint density at radius 2 is 1.80 bits per heavy atom. The third-order valence-electron chi connectivity index (χ3n) is 4.39. The van der Waals surface area contributed by atoms with E-state index in [1.165, 1.54) is 11.1 Å². The second kappa shape index (κ2) is 6.93. The molecule has 1 heterocycles. The van der Waals surface area contributed by atoms with Crippen LogP contribution in [0.5, 0.6) is 0 Å². The van der Waals surface area contributed by atoms with Gasteiger partial charge in [0.15, 0.2) is 0 Å². The van der Waals surface area contributed by atoms with Crippen molar-refractivity contribution in [2.75, 3.05) is 7.05 Å². The van der Waals surface area contributed by atoms with Gasteiger partial charge in [-0.3, -0.25) is 4.79 Å². The normalized spacial score (nSPS) is 10.7. The van der Waals surface area contributed by atoms with Crippen LogP contribution in [0, 0.1) is 20.8 Å². The molecule has 0 atom stereocenters. The summed E-state index contributed by atoms with van der Waals surface area (Å²) in [6.45, 7) is 6.60. The number of amides is 1. The number of rotatable bonds is 4. The van der Waals surface area contributed by atoms with Gasteiger partial charge in [0.25, 0.3) is 5.91 Å². The predicted molar refractivity (Wildman–Crippen MR) is 100 cm³/mol. The van der Waals surface area contributed by atoms with Gasteiger partial charge in [-0.1, -0.05) is 54.1 Å². The Labute approximate surface area is 148 Å². The minimum absolute atomic E-state index is 0.0732. The maximum atomic E-state index is 12.8. The summed E-state index contributed by atoms with van der Waals surface area (Å²) in [7, 11) is 1.82. The third-order valence-corrected chi connectivity index (χ3v) is 4.39. The minimum atomic E-state index is -0.0732. The summed E-state index contributed by atoms with van der Waals surface area (Å²) in [4.78, 5) is 22.3. The summed E-state index contributed by atoms with van der Waals surface area (Å²) >= 11 is 0. The number of H-pyrrole nitrogens is 1. The molecule has 0 aliphatic heterocycles. The first-order chi connectivity index (χ1) is 12.0. The van der Waals surface area contributed by atoms with Gasteiger partial charge in [-0.15, -0.1) is 0 Å². The molecule has 3 aromatic rings. The molecule has 4 heteroatoms. The Hall–Kier alpha value is -2.88. The number of imidazole rings is 1. The van der Waals surface area contributed by atoms with Crippen LogP contribution in [0.4, 0.5) is 0 Å². The van der Waals surface area contributed by atoms with Gasteiger partial charge < -0.3 is 9.88 Å². The van der Waals surface area contributed by atoms with Gasteiger partial charge in [-0.2, -0.15) is 0 Å².